The van der Waals surface area contributed by atoms with Crippen LogP contribution in [0.1, 0.15) is 113 Å². The quantitative estimate of drug-likeness (QED) is 0.137. The minimum absolute atomic E-state index is 0.0171. The SMILES string of the molecule is CC1(C)CC[C@]2(C(=O)O)CC[C@]3(C)C(=CC[C@@H]4[C@@]5(C)CC[C@H](O[C@@H]6O[C@H](C(=O)O)[C@@H](O)[C@H](O)[C@H]6O[C@@H]6O[C@H](CO)[C@H](O)[C@H](O)[C@H]6O)C(C)(C)[C@@H]5CC[C@]43C)[C@@H]2C1. The van der Waals surface area contributed by atoms with E-state index in [2.05, 4.69) is 54.5 Å². The molecule has 0 radical (unpaired) electrons. The minimum Gasteiger partial charge on any atom is -0.481 e. The lowest BCUT2D eigenvalue weighted by molar-refractivity contribution is -0.374. The molecule has 2 saturated heterocycles. The fourth-order valence-corrected chi connectivity index (χ4v) is 13.6. The Balaban J connectivity index is 1.16. The zero-order chi connectivity index (χ0) is 41.1. The molecular formula is C42H66O14. The van der Waals surface area contributed by atoms with Crippen LogP contribution in [0.25, 0.3) is 0 Å². The first-order valence-corrected chi connectivity index (χ1v) is 20.8. The highest BCUT2D eigenvalue weighted by Gasteiger charge is 2.70. The van der Waals surface area contributed by atoms with Gasteiger partial charge >= 0.3 is 11.9 Å². The van der Waals surface area contributed by atoms with Gasteiger partial charge in [-0.2, -0.15) is 0 Å². The van der Waals surface area contributed by atoms with E-state index in [1.54, 1.807) is 0 Å². The largest absolute Gasteiger partial charge is 0.481 e. The molecule has 14 heteroatoms. The molecule has 4 saturated carbocycles. The Morgan fingerprint density at radius 3 is 2.07 bits per heavy atom. The first-order chi connectivity index (χ1) is 26.0. The monoisotopic (exact) mass is 794 g/mol. The minimum atomic E-state index is -1.94. The van der Waals surface area contributed by atoms with E-state index in [4.69, 9.17) is 18.9 Å². The first-order valence-electron chi connectivity index (χ1n) is 20.8. The van der Waals surface area contributed by atoms with Gasteiger partial charge in [0.15, 0.2) is 18.7 Å². The molecule has 2 heterocycles. The van der Waals surface area contributed by atoms with Crippen molar-refractivity contribution in [3.8, 4) is 0 Å². The second-order valence-electron chi connectivity index (χ2n) is 20.7. The number of carboxylic acid groups (broad SMARTS) is 2. The Morgan fingerprint density at radius 2 is 1.43 bits per heavy atom. The molecule has 18 atom stereocenters. The zero-order valence-corrected chi connectivity index (χ0v) is 34.0. The Hall–Kier alpha value is -1.72. The Morgan fingerprint density at radius 1 is 0.750 bits per heavy atom. The summed E-state index contributed by atoms with van der Waals surface area (Å²) in [5.41, 5.74) is -0.0913. The number of carbonyl (C=O) groups is 2. The molecule has 14 nitrogen and oxygen atoms in total. The molecule has 318 valence electrons. The predicted molar refractivity (Wildman–Crippen MR) is 198 cm³/mol. The van der Waals surface area contributed by atoms with Gasteiger partial charge in [-0.25, -0.2) is 4.79 Å². The number of ether oxygens (including phenoxy) is 4. The normalized spacial score (nSPS) is 52.3. The highest BCUT2D eigenvalue weighted by atomic mass is 16.8. The number of hydrogen-bond acceptors (Lipinski definition) is 12. The van der Waals surface area contributed by atoms with E-state index < -0.39 is 96.9 Å². The van der Waals surface area contributed by atoms with Crippen molar-refractivity contribution in [2.75, 3.05) is 6.61 Å². The Labute approximate surface area is 329 Å². The molecule has 0 amide bonds. The van der Waals surface area contributed by atoms with E-state index in [1.165, 1.54) is 5.57 Å². The third kappa shape index (κ3) is 6.17. The molecule has 5 aliphatic carbocycles. The summed E-state index contributed by atoms with van der Waals surface area (Å²) in [6.07, 6.45) is -6.99. The maximum Gasteiger partial charge on any atom is 0.335 e. The maximum atomic E-state index is 13.1. The topological polar surface area (TPSA) is 233 Å². The molecule has 0 aromatic heterocycles. The van der Waals surface area contributed by atoms with Crippen LogP contribution in [0.4, 0.5) is 0 Å². The van der Waals surface area contributed by atoms with Gasteiger partial charge in [0.2, 0.25) is 0 Å². The zero-order valence-electron chi connectivity index (χ0n) is 34.0. The number of aliphatic hydroxyl groups is 6. The van der Waals surface area contributed by atoms with Crippen molar-refractivity contribution in [3.63, 3.8) is 0 Å². The summed E-state index contributed by atoms with van der Waals surface area (Å²) in [6, 6.07) is 0. The summed E-state index contributed by atoms with van der Waals surface area (Å²) in [5, 5.41) is 83.8. The number of aliphatic carboxylic acids is 2. The van der Waals surface area contributed by atoms with Crippen molar-refractivity contribution in [1.82, 2.24) is 0 Å². The summed E-state index contributed by atoms with van der Waals surface area (Å²) >= 11 is 0. The second-order valence-corrected chi connectivity index (χ2v) is 20.7. The fraction of sp³-hybridized carbons (Fsp3) is 0.905. The van der Waals surface area contributed by atoms with Crippen LogP contribution in [0.5, 0.6) is 0 Å². The van der Waals surface area contributed by atoms with E-state index >= 15 is 0 Å². The van der Waals surface area contributed by atoms with Crippen molar-refractivity contribution in [1.29, 1.82) is 0 Å². The smallest absolute Gasteiger partial charge is 0.335 e. The lowest BCUT2D eigenvalue weighted by Crippen LogP contribution is -2.67. The maximum absolute atomic E-state index is 13.1. The second kappa shape index (κ2) is 14.2. The molecule has 7 aliphatic rings. The van der Waals surface area contributed by atoms with Crippen molar-refractivity contribution in [2.24, 2.45) is 50.2 Å². The number of carboxylic acids is 2. The Bertz CT molecular complexity index is 1560. The molecule has 0 aromatic carbocycles. The van der Waals surface area contributed by atoms with E-state index in [0.29, 0.717) is 25.2 Å². The van der Waals surface area contributed by atoms with Gasteiger partial charge in [0.25, 0.3) is 0 Å². The highest BCUT2D eigenvalue weighted by Crippen LogP contribution is 2.76. The van der Waals surface area contributed by atoms with E-state index in [1.807, 2.05) is 0 Å². The molecule has 56 heavy (non-hydrogen) atoms. The molecule has 8 N–H and O–H groups in total. The van der Waals surface area contributed by atoms with Crippen molar-refractivity contribution in [2.45, 2.75) is 180 Å². The lowest BCUT2D eigenvalue weighted by Gasteiger charge is -2.71. The van der Waals surface area contributed by atoms with Crippen LogP contribution in [-0.2, 0) is 28.5 Å². The van der Waals surface area contributed by atoms with Gasteiger partial charge in [0.05, 0.1) is 18.1 Å². The van der Waals surface area contributed by atoms with Crippen LogP contribution in [0.3, 0.4) is 0 Å². The summed E-state index contributed by atoms with van der Waals surface area (Å²) < 4.78 is 23.9. The third-order valence-electron chi connectivity index (χ3n) is 17.2. The summed E-state index contributed by atoms with van der Waals surface area (Å²) in [7, 11) is 0. The van der Waals surface area contributed by atoms with Crippen LogP contribution in [0, 0.1) is 50.2 Å². The predicted octanol–water partition coefficient (Wildman–Crippen LogP) is 2.97. The van der Waals surface area contributed by atoms with Gasteiger partial charge in [-0.3, -0.25) is 4.79 Å². The molecule has 6 fully saturated rings. The molecule has 0 bridgehead atoms. The van der Waals surface area contributed by atoms with Crippen LogP contribution in [0.15, 0.2) is 11.6 Å². The van der Waals surface area contributed by atoms with E-state index in [0.717, 1.165) is 44.9 Å². The average Bonchev–Trinajstić information content (AvgIpc) is 3.12. The van der Waals surface area contributed by atoms with Crippen LogP contribution in [-0.4, -0.2) is 127 Å². The van der Waals surface area contributed by atoms with Gasteiger partial charge in [-0.1, -0.05) is 60.1 Å². The number of allylic oxidation sites excluding steroid dienone is 2. The molecule has 0 unspecified atom stereocenters. The van der Waals surface area contributed by atoms with E-state index in [-0.39, 0.29) is 33.5 Å². The van der Waals surface area contributed by atoms with Crippen LogP contribution in [0.2, 0.25) is 0 Å². The highest BCUT2D eigenvalue weighted by molar-refractivity contribution is 5.76. The standard InChI is InChI=1S/C42H66O14/c1-37(2)14-16-42(36(51)52)17-15-40(6)20(21(42)18-37)8-9-24-39(5)12-11-25(38(3,4)23(39)10-13-41(24,40)7)54-35-32(29(47)28(46)31(55-35)33(49)50)56-34-30(48)27(45)26(44)22(19-43)53-34/h8,21-32,34-35,43-48H,9-19H2,1-7H3,(H,49,50)(H,51,52)/t21-,22+,23-,24+,25-,26-,27-,28-,29-,30+,31-,32+,34-,35+,39-,40+,41+,42-/m0/s1. The van der Waals surface area contributed by atoms with Gasteiger partial charge in [0.1, 0.15) is 42.7 Å². The van der Waals surface area contributed by atoms with E-state index in [9.17, 15) is 50.4 Å². The number of fused-ring (bicyclic) bond motifs is 7. The number of rotatable bonds is 7. The summed E-state index contributed by atoms with van der Waals surface area (Å²) in [4.78, 5) is 25.2. The lowest BCUT2D eigenvalue weighted by atomic mass is 9.33. The van der Waals surface area contributed by atoms with Crippen molar-refractivity contribution >= 4 is 11.9 Å². The van der Waals surface area contributed by atoms with Gasteiger partial charge in [-0.05, 0) is 109 Å². The van der Waals surface area contributed by atoms with Gasteiger partial charge in [0, 0.05) is 0 Å². The fourth-order valence-electron chi connectivity index (χ4n) is 13.6. The van der Waals surface area contributed by atoms with Crippen molar-refractivity contribution in [3.05, 3.63) is 11.6 Å². The molecule has 0 spiro atoms. The first kappa shape index (κ1) is 42.4. The molecular weight excluding hydrogens is 728 g/mol. The number of aliphatic hydroxyl groups excluding tert-OH is 6. The van der Waals surface area contributed by atoms with Gasteiger partial charge in [-0.15, -0.1) is 0 Å². The third-order valence-corrected chi connectivity index (χ3v) is 17.2. The van der Waals surface area contributed by atoms with Crippen LogP contribution >= 0.6 is 0 Å². The van der Waals surface area contributed by atoms with Crippen LogP contribution < -0.4 is 0 Å². The summed E-state index contributed by atoms with van der Waals surface area (Å²) in [6.45, 7) is 15.4. The summed E-state index contributed by atoms with van der Waals surface area (Å²) in [5.74, 6) is -1.66. The molecule has 0 aromatic rings. The average molecular weight is 795 g/mol. The van der Waals surface area contributed by atoms with Gasteiger partial charge < -0.3 is 59.8 Å². The number of hydrogen-bond donors (Lipinski definition) is 8. The Kier molecular flexibility index (Phi) is 10.8. The van der Waals surface area contributed by atoms with Crippen molar-refractivity contribution < 1.29 is 69.4 Å². The molecule has 7 rings (SSSR count). The molecule has 2 aliphatic heterocycles.